The molecule has 1 saturated heterocycles. The maximum absolute atomic E-state index is 12.1. The fraction of sp³-hybridized carbons (Fsp3) is 0.385. The number of urea groups is 1. The summed E-state index contributed by atoms with van der Waals surface area (Å²) >= 11 is 3.49. The summed E-state index contributed by atoms with van der Waals surface area (Å²) < 4.78 is 5.56. The Morgan fingerprint density at radius 3 is 2.79 bits per heavy atom. The molecule has 0 radical (unpaired) electrons. The summed E-state index contributed by atoms with van der Waals surface area (Å²) in [6.45, 7) is 0.466. The zero-order valence-electron chi connectivity index (χ0n) is 10.8. The molecule has 1 aromatic carbocycles. The quantitative estimate of drug-likeness (QED) is 0.798. The largest absolute Gasteiger partial charge is 0.468 e. The van der Waals surface area contributed by atoms with Crippen molar-refractivity contribution in [3.05, 3.63) is 34.3 Å². The lowest BCUT2D eigenvalue weighted by Gasteiger charge is -2.19. The van der Waals surface area contributed by atoms with E-state index in [0.29, 0.717) is 6.54 Å². The normalized spacial score (nSPS) is 18.9. The van der Waals surface area contributed by atoms with E-state index < -0.39 is 5.97 Å². The minimum absolute atomic E-state index is 0.0133. The van der Waals surface area contributed by atoms with Gasteiger partial charge in [0.1, 0.15) is 6.54 Å². The van der Waals surface area contributed by atoms with E-state index in [1.807, 2.05) is 24.3 Å². The van der Waals surface area contributed by atoms with Crippen molar-refractivity contribution in [3.63, 3.8) is 0 Å². The molecule has 0 N–H and O–H groups in total. The monoisotopic (exact) mass is 326 g/mol. The lowest BCUT2D eigenvalue weighted by molar-refractivity contribution is -0.141. The Morgan fingerprint density at radius 2 is 2.16 bits per heavy atom. The van der Waals surface area contributed by atoms with Crippen LogP contribution in [0.25, 0.3) is 0 Å². The number of likely N-dealkylation sites (N-methyl/N-ethyl adjacent to an activating group) is 1. The molecule has 1 aliphatic heterocycles. The molecule has 1 fully saturated rings. The number of esters is 1. The van der Waals surface area contributed by atoms with Gasteiger partial charge < -0.3 is 14.5 Å². The van der Waals surface area contributed by atoms with Gasteiger partial charge in [-0.25, -0.2) is 4.79 Å². The molecule has 2 rings (SSSR count). The summed E-state index contributed by atoms with van der Waals surface area (Å²) in [4.78, 5) is 26.5. The second kappa shape index (κ2) is 5.61. The summed E-state index contributed by atoms with van der Waals surface area (Å²) in [5.74, 6) is -0.408. The molecule has 0 spiro atoms. The van der Waals surface area contributed by atoms with E-state index in [1.54, 1.807) is 11.9 Å². The van der Waals surface area contributed by atoms with Crippen LogP contribution in [0.15, 0.2) is 28.7 Å². The van der Waals surface area contributed by atoms with Crippen molar-refractivity contribution in [1.29, 1.82) is 0 Å². The number of amides is 2. The van der Waals surface area contributed by atoms with Crippen LogP contribution < -0.4 is 0 Å². The van der Waals surface area contributed by atoms with Gasteiger partial charge in [-0.3, -0.25) is 4.79 Å². The summed E-state index contributed by atoms with van der Waals surface area (Å²) in [5, 5.41) is 0. The molecule has 1 aromatic rings. The van der Waals surface area contributed by atoms with Crippen LogP contribution in [-0.4, -0.2) is 49.0 Å². The van der Waals surface area contributed by atoms with Crippen LogP contribution in [0.2, 0.25) is 0 Å². The summed E-state index contributed by atoms with van der Waals surface area (Å²) in [6, 6.07) is 7.55. The van der Waals surface area contributed by atoms with Gasteiger partial charge >= 0.3 is 12.0 Å². The molecule has 0 saturated carbocycles. The van der Waals surface area contributed by atoms with Crippen LogP contribution in [-0.2, 0) is 9.53 Å². The molecule has 0 aromatic heterocycles. The van der Waals surface area contributed by atoms with Crippen LogP contribution in [0.4, 0.5) is 4.79 Å². The van der Waals surface area contributed by atoms with Gasteiger partial charge in [-0.15, -0.1) is 0 Å². The summed E-state index contributed by atoms with van der Waals surface area (Å²) in [6.07, 6.45) is 0. The Kier molecular flexibility index (Phi) is 4.09. The van der Waals surface area contributed by atoms with Crippen LogP contribution in [0, 0.1) is 0 Å². The van der Waals surface area contributed by atoms with Gasteiger partial charge in [0.25, 0.3) is 0 Å². The first-order valence-electron chi connectivity index (χ1n) is 5.87. The van der Waals surface area contributed by atoms with Crippen molar-refractivity contribution in [2.45, 2.75) is 6.04 Å². The van der Waals surface area contributed by atoms with E-state index in [1.165, 1.54) is 12.0 Å². The van der Waals surface area contributed by atoms with E-state index >= 15 is 0 Å². The third-order valence-electron chi connectivity index (χ3n) is 3.24. The van der Waals surface area contributed by atoms with Crippen molar-refractivity contribution in [2.75, 3.05) is 27.2 Å². The molecule has 0 aliphatic carbocycles. The molecule has 1 unspecified atom stereocenters. The molecular weight excluding hydrogens is 312 g/mol. The minimum Gasteiger partial charge on any atom is -0.468 e. The number of methoxy groups -OCH3 is 1. The standard InChI is InChI=1S/C13H15BrN2O3/c1-15-11(9-5-3-4-6-10(9)14)7-16(13(15)18)8-12(17)19-2/h3-6,11H,7-8H2,1-2H3. The Hall–Kier alpha value is -1.56. The Morgan fingerprint density at radius 1 is 1.47 bits per heavy atom. The number of carbonyl (C=O) groups excluding carboxylic acids is 2. The number of hydrogen-bond acceptors (Lipinski definition) is 3. The highest BCUT2D eigenvalue weighted by molar-refractivity contribution is 9.10. The van der Waals surface area contributed by atoms with Gasteiger partial charge in [0.15, 0.2) is 0 Å². The van der Waals surface area contributed by atoms with Gasteiger partial charge in [-0.2, -0.15) is 0 Å². The van der Waals surface area contributed by atoms with E-state index in [4.69, 9.17) is 0 Å². The first-order chi connectivity index (χ1) is 9.04. The van der Waals surface area contributed by atoms with E-state index in [0.717, 1.165) is 10.0 Å². The summed E-state index contributed by atoms with van der Waals surface area (Å²) in [7, 11) is 3.06. The molecule has 0 bridgehead atoms. The lowest BCUT2D eigenvalue weighted by Crippen LogP contribution is -2.34. The lowest BCUT2D eigenvalue weighted by atomic mass is 10.1. The van der Waals surface area contributed by atoms with E-state index in [9.17, 15) is 9.59 Å². The predicted octanol–water partition coefficient (Wildman–Crippen LogP) is 2.03. The number of rotatable bonds is 3. The molecule has 102 valence electrons. The highest BCUT2D eigenvalue weighted by atomic mass is 79.9. The van der Waals surface area contributed by atoms with E-state index in [-0.39, 0.29) is 18.6 Å². The number of hydrogen-bond donors (Lipinski definition) is 0. The van der Waals surface area contributed by atoms with Crippen LogP contribution in [0.1, 0.15) is 11.6 Å². The molecule has 1 aliphatic rings. The molecule has 1 atom stereocenters. The fourth-order valence-corrected chi connectivity index (χ4v) is 2.72. The first-order valence-corrected chi connectivity index (χ1v) is 6.67. The number of benzene rings is 1. The van der Waals surface area contributed by atoms with Crippen LogP contribution >= 0.6 is 15.9 Å². The fourth-order valence-electron chi connectivity index (χ4n) is 2.17. The zero-order chi connectivity index (χ0) is 14.0. The van der Waals surface area contributed by atoms with E-state index in [2.05, 4.69) is 20.7 Å². The van der Waals surface area contributed by atoms with Crippen molar-refractivity contribution in [1.82, 2.24) is 9.80 Å². The third-order valence-corrected chi connectivity index (χ3v) is 3.97. The Bertz CT molecular complexity index is 506. The van der Waals surface area contributed by atoms with Crippen molar-refractivity contribution in [3.8, 4) is 0 Å². The molecule has 19 heavy (non-hydrogen) atoms. The van der Waals surface area contributed by atoms with Crippen molar-refractivity contribution in [2.24, 2.45) is 0 Å². The van der Waals surface area contributed by atoms with Gasteiger partial charge in [0.05, 0.1) is 13.2 Å². The van der Waals surface area contributed by atoms with Crippen molar-refractivity contribution < 1.29 is 14.3 Å². The Labute approximate surface area is 120 Å². The van der Waals surface area contributed by atoms with Gasteiger partial charge in [0, 0.05) is 18.1 Å². The van der Waals surface area contributed by atoms with Gasteiger partial charge in [0.2, 0.25) is 0 Å². The zero-order valence-corrected chi connectivity index (χ0v) is 12.4. The highest BCUT2D eigenvalue weighted by Crippen LogP contribution is 2.32. The number of halogens is 1. The summed E-state index contributed by atoms with van der Waals surface area (Å²) in [5.41, 5.74) is 1.03. The number of carbonyl (C=O) groups is 2. The maximum Gasteiger partial charge on any atom is 0.325 e. The molecule has 6 heteroatoms. The average molecular weight is 327 g/mol. The predicted molar refractivity (Wildman–Crippen MR) is 73.6 cm³/mol. The van der Waals surface area contributed by atoms with Gasteiger partial charge in [-0.1, -0.05) is 34.1 Å². The SMILES string of the molecule is COC(=O)CN1CC(c2ccccc2Br)N(C)C1=O. The average Bonchev–Trinajstić information content (AvgIpc) is 2.67. The minimum atomic E-state index is -0.408. The number of nitrogens with zero attached hydrogens (tertiary/aromatic N) is 2. The van der Waals surface area contributed by atoms with Crippen LogP contribution in [0.5, 0.6) is 0 Å². The molecular formula is C13H15BrN2O3. The highest BCUT2D eigenvalue weighted by Gasteiger charge is 2.37. The number of ether oxygens (including phenoxy) is 1. The van der Waals surface area contributed by atoms with Gasteiger partial charge in [-0.05, 0) is 11.6 Å². The molecule has 5 nitrogen and oxygen atoms in total. The second-order valence-corrected chi connectivity index (χ2v) is 5.24. The molecule has 1 heterocycles. The van der Waals surface area contributed by atoms with Crippen LogP contribution in [0.3, 0.4) is 0 Å². The first kappa shape index (κ1) is 13.9. The smallest absolute Gasteiger partial charge is 0.325 e. The maximum atomic E-state index is 12.1. The molecule has 2 amide bonds. The topological polar surface area (TPSA) is 49.9 Å². The third kappa shape index (κ3) is 2.73. The van der Waals surface area contributed by atoms with Crippen molar-refractivity contribution >= 4 is 27.9 Å². The second-order valence-electron chi connectivity index (χ2n) is 4.39. The Balaban J connectivity index is 2.19.